The number of nitrogen functional groups attached to an aromatic ring is 1. The molecule has 1 atom stereocenters. The Hall–Kier alpha value is -1.11. The third-order valence-corrected chi connectivity index (χ3v) is 3.12. The Labute approximate surface area is 98.4 Å². The molecular weight excluding hydrogens is 226 g/mol. The van der Waals surface area contributed by atoms with Gasteiger partial charge in [-0.15, -0.1) is 0 Å². The third kappa shape index (κ3) is 3.80. The highest BCUT2D eigenvalue weighted by molar-refractivity contribution is 7.99. The van der Waals surface area contributed by atoms with Crippen LogP contribution in [0.3, 0.4) is 0 Å². The van der Waals surface area contributed by atoms with Gasteiger partial charge in [-0.1, -0.05) is 13.0 Å². The molecule has 0 aromatic carbocycles. The molecular formula is C10H15N3O2S. The number of hydrogen-bond acceptors (Lipinski definition) is 5. The van der Waals surface area contributed by atoms with Gasteiger partial charge in [-0.3, -0.25) is 10.2 Å². The van der Waals surface area contributed by atoms with E-state index in [1.807, 2.05) is 18.4 Å². The summed E-state index contributed by atoms with van der Waals surface area (Å²) >= 11 is 1.58. The number of aliphatic hydroxyl groups excluding tert-OH is 1. The average molecular weight is 241 g/mol. The number of hydrogen-bond donors (Lipinski definition) is 3. The number of nitrogens with two attached hydrogens (primary N) is 1. The Kier molecular flexibility index (Phi) is 5.24. The molecule has 1 heterocycles. The quantitative estimate of drug-likeness (QED) is 0.392. The highest BCUT2D eigenvalue weighted by Gasteiger charge is 2.07. The first kappa shape index (κ1) is 13.0. The van der Waals surface area contributed by atoms with Crippen LogP contribution >= 0.6 is 11.8 Å². The topological polar surface area (TPSA) is 88.2 Å². The second-order valence-electron chi connectivity index (χ2n) is 3.29. The monoisotopic (exact) mass is 241 g/mol. The Bertz CT molecular complexity index is 360. The summed E-state index contributed by atoms with van der Waals surface area (Å²) in [6.45, 7) is 2.06. The molecule has 0 aliphatic heterocycles. The van der Waals surface area contributed by atoms with Crippen LogP contribution in [0.5, 0.6) is 0 Å². The maximum absolute atomic E-state index is 11.2. The summed E-state index contributed by atoms with van der Waals surface area (Å²) in [6, 6.07) is 5.20. The van der Waals surface area contributed by atoms with Crippen LogP contribution in [0, 0.1) is 0 Å². The van der Waals surface area contributed by atoms with Crippen LogP contribution in [0.1, 0.15) is 23.1 Å². The Balaban J connectivity index is 2.64. The minimum absolute atomic E-state index is 0.133. The molecule has 1 amide bonds. The van der Waals surface area contributed by atoms with Crippen LogP contribution in [0.4, 0.5) is 0 Å². The van der Waals surface area contributed by atoms with E-state index in [2.05, 4.69) is 4.98 Å². The molecule has 1 unspecified atom stereocenters. The molecule has 5 nitrogen and oxygen atoms in total. The number of aromatic nitrogens is 1. The number of nitrogens with zero attached hydrogens (tertiary/aromatic N) is 1. The average Bonchev–Trinajstić information content (AvgIpc) is 2.35. The van der Waals surface area contributed by atoms with Crippen LogP contribution in [-0.4, -0.2) is 27.9 Å². The largest absolute Gasteiger partial charge is 0.395 e. The van der Waals surface area contributed by atoms with E-state index in [0.717, 1.165) is 5.69 Å². The Morgan fingerprint density at radius 2 is 2.44 bits per heavy atom. The number of rotatable bonds is 5. The normalized spacial score (nSPS) is 12.2. The lowest BCUT2D eigenvalue weighted by atomic mass is 10.3. The van der Waals surface area contributed by atoms with Crippen molar-refractivity contribution in [3.05, 3.63) is 29.6 Å². The van der Waals surface area contributed by atoms with Gasteiger partial charge in [0.1, 0.15) is 5.69 Å². The van der Waals surface area contributed by atoms with E-state index in [1.54, 1.807) is 23.9 Å². The number of thioether (sulfide) groups is 1. The summed E-state index contributed by atoms with van der Waals surface area (Å²) in [5.41, 5.74) is 3.14. The van der Waals surface area contributed by atoms with Crippen LogP contribution in [-0.2, 0) is 5.75 Å². The van der Waals surface area contributed by atoms with E-state index in [-0.39, 0.29) is 11.9 Å². The molecule has 16 heavy (non-hydrogen) atoms. The van der Waals surface area contributed by atoms with Gasteiger partial charge in [0.05, 0.1) is 12.3 Å². The first-order valence-electron chi connectivity index (χ1n) is 4.86. The van der Waals surface area contributed by atoms with Gasteiger partial charge in [0.25, 0.3) is 5.91 Å². The van der Waals surface area contributed by atoms with Gasteiger partial charge in [0, 0.05) is 11.0 Å². The Morgan fingerprint density at radius 1 is 1.69 bits per heavy atom. The lowest BCUT2D eigenvalue weighted by Crippen LogP contribution is -2.30. The van der Waals surface area contributed by atoms with E-state index in [1.165, 1.54) is 0 Å². The molecule has 1 rings (SSSR count). The van der Waals surface area contributed by atoms with Crippen molar-refractivity contribution < 1.29 is 9.90 Å². The molecule has 1 aromatic heterocycles. The molecule has 6 heteroatoms. The lowest BCUT2D eigenvalue weighted by molar-refractivity contribution is 0.0948. The molecule has 88 valence electrons. The number of carbonyl (C=O) groups is 1. The summed E-state index contributed by atoms with van der Waals surface area (Å²) in [6.07, 6.45) is 0. The van der Waals surface area contributed by atoms with Crippen molar-refractivity contribution in [2.24, 2.45) is 5.84 Å². The minimum atomic E-state index is -0.401. The van der Waals surface area contributed by atoms with Gasteiger partial charge in [0.2, 0.25) is 0 Å². The molecule has 0 saturated heterocycles. The maximum Gasteiger partial charge on any atom is 0.283 e. The van der Waals surface area contributed by atoms with Crippen molar-refractivity contribution in [1.82, 2.24) is 10.4 Å². The highest BCUT2D eigenvalue weighted by atomic mass is 32.2. The van der Waals surface area contributed by atoms with Crippen LogP contribution in [0.15, 0.2) is 18.2 Å². The predicted molar refractivity (Wildman–Crippen MR) is 63.7 cm³/mol. The smallest absolute Gasteiger partial charge is 0.283 e. The second-order valence-corrected chi connectivity index (χ2v) is 4.72. The molecule has 0 aliphatic carbocycles. The fraction of sp³-hybridized carbons (Fsp3) is 0.400. The fourth-order valence-corrected chi connectivity index (χ4v) is 1.76. The van der Waals surface area contributed by atoms with Gasteiger partial charge in [-0.25, -0.2) is 10.8 Å². The van der Waals surface area contributed by atoms with Crippen LogP contribution in [0.2, 0.25) is 0 Å². The molecule has 0 spiro atoms. The zero-order valence-corrected chi connectivity index (χ0v) is 9.83. The highest BCUT2D eigenvalue weighted by Crippen LogP contribution is 2.15. The number of aliphatic hydroxyl groups is 1. The molecule has 1 aromatic rings. The number of carbonyl (C=O) groups excluding carboxylic acids is 1. The number of amides is 1. The summed E-state index contributed by atoms with van der Waals surface area (Å²) < 4.78 is 0. The summed E-state index contributed by atoms with van der Waals surface area (Å²) in [4.78, 5) is 15.4. The van der Waals surface area contributed by atoms with Crippen LogP contribution in [0.25, 0.3) is 0 Å². The first-order chi connectivity index (χ1) is 7.67. The van der Waals surface area contributed by atoms with Gasteiger partial charge in [0.15, 0.2) is 0 Å². The number of nitrogens with one attached hydrogen (secondary N) is 1. The van der Waals surface area contributed by atoms with Crippen molar-refractivity contribution in [2.75, 3.05) is 6.61 Å². The van der Waals surface area contributed by atoms with Crippen molar-refractivity contribution in [3.8, 4) is 0 Å². The maximum atomic E-state index is 11.2. The van der Waals surface area contributed by atoms with Crippen molar-refractivity contribution in [3.63, 3.8) is 0 Å². The predicted octanol–water partition coefficient (Wildman–Crippen LogP) is 0.299. The zero-order chi connectivity index (χ0) is 12.0. The summed E-state index contributed by atoms with van der Waals surface area (Å²) in [5.74, 6) is 5.28. The van der Waals surface area contributed by atoms with E-state index in [0.29, 0.717) is 11.4 Å². The summed E-state index contributed by atoms with van der Waals surface area (Å²) in [7, 11) is 0. The van der Waals surface area contributed by atoms with Crippen LogP contribution < -0.4 is 11.3 Å². The number of hydrazine groups is 1. The first-order valence-corrected chi connectivity index (χ1v) is 5.91. The molecule has 0 aliphatic rings. The van der Waals surface area contributed by atoms with Crippen molar-refractivity contribution in [1.29, 1.82) is 0 Å². The molecule has 0 radical (unpaired) electrons. The van der Waals surface area contributed by atoms with E-state index < -0.39 is 5.91 Å². The molecule has 4 N–H and O–H groups in total. The fourth-order valence-electron chi connectivity index (χ4n) is 1.04. The molecule has 0 bridgehead atoms. The van der Waals surface area contributed by atoms with E-state index >= 15 is 0 Å². The number of pyridine rings is 1. The van der Waals surface area contributed by atoms with E-state index in [9.17, 15) is 4.79 Å². The van der Waals surface area contributed by atoms with E-state index in [4.69, 9.17) is 10.9 Å². The van der Waals surface area contributed by atoms with Gasteiger partial charge < -0.3 is 5.11 Å². The minimum Gasteiger partial charge on any atom is -0.395 e. The standard InChI is InChI=1S/C10H15N3O2S/c1-7(5-14)16-6-8-3-2-4-9(12-8)10(15)13-11/h2-4,7,14H,5-6,11H2,1H3,(H,13,15). The zero-order valence-electron chi connectivity index (χ0n) is 9.01. The lowest BCUT2D eigenvalue weighted by Gasteiger charge is -2.07. The second kappa shape index (κ2) is 6.47. The summed E-state index contributed by atoms with van der Waals surface area (Å²) in [5, 5.41) is 9.03. The van der Waals surface area contributed by atoms with Gasteiger partial charge in [-0.05, 0) is 12.1 Å². The molecule has 0 saturated carbocycles. The van der Waals surface area contributed by atoms with Crippen molar-refractivity contribution >= 4 is 17.7 Å². The SMILES string of the molecule is CC(CO)SCc1cccc(C(=O)NN)n1. The molecule has 0 fully saturated rings. The third-order valence-electron chi connectivity index (χ3n) is 1.94. The van der Waals surface area contributed by atoms with Gasteiger partial charge >= 0.3 is 0 Å². The van der Waals surface area contributed by atoms with Crippen molar-refractivity contribution in [2.45, 2.75) is 17.9 Å². The Morgan fingerprint density at radius 3 is 3.06 bits per heavy atom. The van der Waals surface area contributed by atoms with Gasteiger partial charge in [-0.2, -0.15) is 11.8 Å².